The minimum atomic E-state index is -0.0921. The number of aryl methyl sites for hydroxylation is 2. The molecule has 0 aliphatic carbocycles. The number of hydrogen-bond acceptors (Lipinski definition) is 4. The van der Waals surface area contributed by atoms with E-state index in [0.717, 1.165) is 23.4 Å². The number of anilines is 1. The van der Waals surface area contributed by atoms with Crippen LogP contribution in [0.5, 0.6) is 5.75 Å². The molecule has 1 heterocycles. The number of carbonyl (C=O) groups excluding carboxylic acids is 1. The number of carbonyl (C=O) groups is 1. The molecule has 8 heteroatoms. The van der Waals surface area contributed by atoms with Crippen LogP contribution < -0.4 is 20.7 Å². The highest BCUT2D eigenvalue weighted by atomic mass is 127. The average Bonchev–Trinajstić information content (AvgIpc) is 2.67. The number of halogens is 1. The number of nitrogens with zero attached hydrogens (tertiary/aromatic N) is 2. The summed E-state index contributed by atoms with van der Waals surface area (Å²) < 4.78 is 5.41. The zero-order valence-corrected chi connectivity index (χ0v) is 19.7. The number of aromatic nitrogens is 1. The van der Waals surface area contributed by atoms with Crippen LogP contribution in [0, 0.1) is 13.8 Å². The Morgan fingerprint density at radius 1 is 1.14 bits per heavy atom. The van der Waals surface area contributed by atoms with Gasteiger partial charge in [0, 0.05) is 32.3 Å². The Hall–Kier alpha value is -2.36. The molecule has 7 nitrogen and oxygen atoms in total. The van der Waals surface area contributed by atoms with Gasteiger partial charge in [-0.2, -0.15) is 0 Å². The molecule has 0 atom stereocenters. The molecule has 29 heavy (non-hydrogen) atoms. The Kier molecular flexibility index (Phi) is 11.0. The van der Waals surface area contributed by atoms with Crippen LogP contribution in [0.15, 0.2) is 41.4 Å². The van der Waals surface area contributed by atoms with Gasteiger partial charge in [-0.3, -0.25) is 9.79 Å². The lowest BCUT2D eigenvalue weighted by Crippen LogP contribution is -2.39. The van der Waals surface area contributed by atoms with Crippen molar-refractivity contribution in [2.75, 3.05) is 32.6 Å². The second kappa shape index (κ2) is 13.0. The van der Waals surface area contributed by atoms with Crippen LogP contribution in [-0.2, 0) is 11.2 Å². The van der Waals surface area contributed by atoms with E-state index < -0.39 is 0 Å². The maximum absolute atomic E-state index is 12.0. The lowest BCUT2D eigenvalue weighted by Gasteiger charge is -2.13. The third-order valence-corrected chi connectivity index (χ3v) is 4.15. The van der Waals surface area contributed by atoms with Crippen molar-refractivity contribution < 1.29 is 9.53 Å². The Labute approximate surface area is 189 Å². The van der Waals surface area contributed by atoms with Crippen molar-refractivity contribution in [1.82, 2.24) is 15.6 Å². The van der Waals surface area contributed by atoms with Crippen molar-refractivity contribution in [2.45, 2.75) is 26.7 Å². The van der Waals surface area contributed by atoms with Crippen molar-refractivity contribution in [1.29, 1.82) is 0 Å². The van der Waals surface area contributed by atoms with Crippen molar-refractivity contribution >= 4 is 41.7 Å². The van der Waals surface area contributed by atoms with Gasteiger partial charge in [-0.15, -0.1) is 24.0 Å². The minimum Gasteiger partial charge on any atom is -0.496 e. The summed E-state index contributed by atoms with van der Waals surface area (Å²) in [4.78, 5) is 20.5. The number of pyridine rings is 1. The molecule has 1 aromatic carbocycles. The summed E-state index contributed by atoms with van der Waals surface area (Å²) in [6, 6.07) is 11.7. The van der Waals surface area contributed by atoms with E-state index in [1.807, 2.05) is 31.2 Å². The van der Waals surface area contributed by atoms with Crippen molar-refractivity contribution in [3.63, 3.8) is 0 Å². The quantitative estimate of drug-likeness (QED) is 0.288. The van der Waals surface area contributed by atoms with Crippen LogP contribution >= 0.6 is 24.0 Å². The number of methoxy groups -OCH3 is 1. The molecule has 0 saturated heterocycles. The van der Waals surface area contributed by atoms with Crippen LogP contribution in [0.4, 0.5) is 5.82 Å². The molecule has 2 rings (SSSR count). The van der Waals surface area contributed by atoms with Gasteiger partial charge < -0.3 is 20.7 Å². The zero-order chi connectivity index (χ0) is 20.4. The van der Waals surface area contributed by atoms with Crippen molar-refractivity contribution in [3.05, 3.63) is 53.2 Å². The molecule has 1 aromatic heterocycles. The fraction of sp³-hybridized carbons (Fsp3) is 0.381. The molecule has 2 aromatic rings. The predicted molar refractivity (Wildman–Crippen MR) is 128 cm³/mol. The van der Waals surface area contributed by atoms with Gasteiger partial charge in [0.25, 0.3) is 0 Å². The number of amides is 1. The Morgan fingerprint density at radius 2 is 1.90 bits per heavy atom. The van der Waals surface area contributed by atoms with Gasteiger partial charge in [0.1, 0.15) is 11.6 Å². The fourth-order valence-corrected chi connectivity index (χ4v) is 2.75. The number of aliphatic imine (C=N–C) groups is 1. The molecule has 0 aliphatic rings. The average molecular weight is 511 g/mol. The number of nitrogens with one attached hydrogen (secondary N) is 3. The second-order valence-electron chi connectivity index (χ2n) is 6.45. The Balaban J connectivity index is 0.00000420. The molecular weight excluding hydrogens is 481 g/mol. The van der Waals surface area contributed by atoms with Crippen LogP contribution in [0.25, 0.3) is 0 Å². The van der Waals surface area contributed by atoms with E-state index in [0.29, 0.717) is 31.3 Å². The van der Waals surface area contributed by atoms with Crippen molar-refractivity contribution in [3.8, 4) is 5.75 Å². The van der Waals surface area contributed by atoms with Gasteiger partial charge in [-0.05, 0) is 44.0 Å². The van der Waals surface area contributed by atoms with Crippen LogP contribution in [-0.4, -0.2) is 44.1 Å². The summed E-state index contributed by atoms with van der Waals surface area (Å²) >= 11 is 0. The highest BCUT2D eigenvalue weighted by Gasteiger charge is 2.06. The predicted octanol–water partition coefficient (Wildman–Crippen LogP) is 3.06. The SMILES string of the molecule is CN=C(NCCC(=O)Nc1cccc(C)n1)NCCc1cc(C)ccc1OC.I. The van der Waals surface area contributed by atoms with E-state index >= 15 is 0 Å². The maximum atomic E-state index is 12.0. The summed E-state index contributed by atoms with van der Waals surface area (Å²) in [6.45, 7) is 5.14. The minimum absolute atomic E-state index is 0. The topological polar surface area (TPSA) is 87.6 Å². The standard InChI is InChI=1S/C21H29N5O2.HI/c1-15-8-9-18(28-4)17(14-15)10-12-23-21(22-3)24-13-11-20(27)26-19-7-5-6-16(2)25-19;/h5-9,14H,10-13H2,1-4H3,(H2,22,23,24)(H,25,26,27);1H. The Bertz CT molecular complexity index is 826. The Morgan fingerprint density at radius 3 is 2.59 bits per heavy atom. The van der Waals surface area contributed by atoms with E-state index in [9.17, 15) is 4.79 Å². The van der Waals surface area contributed by atoms with Crippen LogP contribution in [0.3, 0.4) is 0 Å². The number of hydrogen-bond donors (Lipinski definition) is 3. The first-order valence-corrected chi connectivity index (χ1v) is 9.33. The smallest absolute Gasteiger partial charge is 0.227 e. The molecule has 0 saturated carbocycles. The maximum Gasteiger partial charge on any atom is 0.227 e. The monoisotopic (exact) mass is 511 g/mol. The normalized spacial score (nSPS) is 10.7. The van der Waals surface area contributed by atoms with Gasteiger partial charge in [-0.25, -0.2) is 4.98 Å². The summed E-state index contributed by atoms with van der Waals surface area (Å²) in [5, 5.41) is 9.20. The van der Waals surface area contributed by atoms with E-state index in [2.05, 4.69) is 38.9 Å². The summed E-state index contributed by atoms with van der Waals surface area (Å²) in [7, 11) is 3.39. The third-order valence-electron chi connectivity index (χ3n) is 4.15. The highest BCUT2D eigenvalue weighted by molar-refractivity contribution is 14.0. The fourth-order valence-electron chi connectivity index (χ4n) is 2.75. The first-order valence-electron chi connectivity index (χ1n) is 9.33. The summed E-state index contributed by atoms with van der Waals surface area (Å²) in [6.07, 6.45) is 1.13. The molecule has 0 fully saturated rings. The molecule has 0 spiro atoms. The molecule has 0 unspecified atom stereocenters. The van der Waals surface area contributed by atoms with Gasteiger partial charge >= 0.3 is 0 Å². The van der Waals surface area contributed by atoms with Gasteiger partial charge in [0.2, 0.25) is 5.91 Å². The molecule has 1 amide bonds. The first kappa shape index (κ1) is 24.7. The van der Waals surface area contributed by atoms with Crippen LogP contribution in [0.2, 0.25) is 0 Å². The summed E-state index contributed by atoms with van der Waals surface area (Å²) in [5.41, 5.74) is 3.22. The number of rotatable bonds is 8. The van der Waals surface area contributed by atoms with E-state index in [1.165, 1.54) is 5.56 Å². The molecule has 158 valence electrons. The van der Waals surface area contributed by atoms with Crippen LogP contribution in [0.1, 0.15) is 23.2 Å². The van der Waals surface area contributed by atoms with Crippen molar-refractivity contribution in [2.24, 2.45) is 4.99 Å². The van der Waals surface area contributed by atoms with Gasteiger partial charge in [-0.1, -0.05) is 23.8 Å². The molecule has 0 radical (unpaired) electrons. The molecular formula is C21H30IN5O2. The largest absolute Gasteiger partial charge is 0.496 e. The first-order chi connectivity index (χ1) is 13.5. The number of benzene rings is 1. The lowest BCUT2D eigenvalue weighted by molar-refractivity contribution is -0.116. The van der Waals surface area contributed by atoms with E-state index in [4.69, 9.17) is 4.74 Å². The van der Waals surface area contributed by atoms with Gasteiger partial charge in [0.05, 0.1) is 7.11 Å². The highest BCUT2D eigenvalue weighted by Crippen LogP contribution is 2.19. The molecule has 0 bridgehead atoms. The third kappa shape index (κ3) is 8.68. The number of guanidine groups is 1. The second-order valence-corrected chi connectivity index (χ2v) is 6.45. The summed E-state index contributed by atoms with van der Waals surface area (Å²) in [5.74, 6) is 2.02. The zero-order valence-electron chi connectivity index (χ0n) is 17.4. The molecule has 3 N–H and O–H groups in total. The van der Waals surface area contributed by atoms with Gasteiger partial charge in [0.15, 0.2) is 5.96 Å². The number of ether oxygens (including phenoxy) is 1. The molecule has 0 aliphatic heterocycles. The van der Waals surface area contributed by atoms with E-state index in [1.54, 1.807) is 20.2 Å². The lowest BCUT2D eigenvalue weighted by atomic mass is 10.1. The van der Waals surface area contributed by atoms with E-state index in [-0.39, 0.29) is 29.9 Å².